The molecule has 0 aromatic carbocycles. The molecule has 0 aliphatic heterocycles. The van der Waals surface area contributed by atoms with E-state index in [9.17, 15) is 0 Å². The molecule has 1 unspecified atom stereocenters. The van der Waals surface area contributed by atoms with Gasteiger partial charge in [-0.2, -0.15) is 0 Å². The maximum atomic E-state index is 4.26. The number of nitrogens with one attached hydrogen (secondary N) is 1. The van der Waals surface area contributed by atoms with Gasteiger partial charge >= 0.3 is 0 Å². The Morgan fingerprint density at radius 3 is 1.94 bits per heavy atom. The summed E-state index contributed by atoms with van der Waals surface area (Å²) in [6.07, 6.45) is 1.05. The van der Waals surface area contributed by atoms with Crippen molar-refractivity contribution in [2.75, 3.05) is 20.6 Å². The third-order valence-corrected chi connectivity index (χ3v) is 3.59. The van der Waals surface area contributed by atoms with Gasteiger partial charge in [0.05, 0.1) is 0 Å². The maximum absolute atomic E-state index is 4.26. The summed E-state index contributed by atoms with van der Waals surface area (Å²) >= 11 is 0. The topological polar surface area (TPSA) is 15.3 Å². The van der Waals surface area contributed by atoms with Crippen molar-refractivity contribution in [1.29, 1.82) is 0 Å². The zero-order valence-electron chi connectivity index (χ0n) is 13.1. The molecule has 0 saturated carbocycles. The molecule has 17 heavy (non-hydrogen) atoms. The first-order chi connectivity index (χ1) is 7.50. The van der Waals surface area contributed by atoms with Crippen molar-refractivity contribution in [3.05, 3.63) is 12.2 Å². The lowest BCUT2D eigenvalue weighted by molar-refractivity contribution is 0.113. The van der Waals surface area contributed by atoms with E-state index in [-0.39, 0.29) is 11.0 Å². The minimum absolute atomic E-state index is 0.194. The van der Waals surface area contributed by atoms with Crippen molar-refractivity contribution in [3.8, 4) is 0 Å². The van der Waals surface area contributed by atoms with E-state index in [1.165, 1.54) is 5.57 Å². The zero-order chi connectivity index (χ0) is 13.9. The zero-order valence-corrected chi connectivity index (χ0v) is 13.1. The highest BCUT2D eigenvalue weighted by atomic mass is 15.2. The van der Waals surface area contributed by atoms with Crippen molar-refractivity contribution >= 4 is 0 Å². The third kappa shape index (κ3) is 5.69. The molecule has 1 atom stereocenters. The minimum Gasteiger partial charge on any atom is -0.318 e. The fourth-order valence-corrected chi connectivity index (χ4v) is 1.72. The van der Waals surface area contributed by atoms with E-state index in [0.717, 1.165) is 13.0 Å². The van der Waals surface area contributed by atoms with Gasteiger partial charge in [0.2, 0.25) is 0 Å². The standard InChI is InChI=1S/C15H32N2/c1-12(14(2,3)4)10-13(11-16-8)17(9)15(5,6)7/h13,16H,1,10-11H2,2-9H3. The summed E-state index contributed by atoms with van der Waals surface area (Å²) in [7, 11) is 4.22. The number of nitrogens with zero attached hydrogens (tertiary/aromatic N) is 1. The molecule has 0 bridgehead atoms. The molecule has 0 radical (unpaired) electrons. The van der Waals surface area contributed by atoms with E-state index < -0.39 is 0 Å². The Labute approximate surface area is 108 Å². The van der Waals surface area contributed by atoms with Crippen LogP contribution in [0.25, 0.3) is 0 Å². The molecule has 102 valence electrons. The van der Waals surface area contributed by atoms with Crippen molar-refractivity contribution < 1.29 is 0 Å². The molecule has 0 heterocycles. The van der Waals surface area contributed by atoms with Gasteiger partial charge in [0.25, 0.3) is 0 Å². The molecule has 1 N–H and O–H groups in total. The Morgan fingerprint density at radius 1 is 1.18 bits per heavy atom. The minimum atomic E-state index is 0.194. The van der Waals surface area contributed by atoms with Gasteiger partial charge in [-0.3, -0.25) is 4.90 Å². The molecular formula is C15H32N2. The number of hydrogen-bond donors (Lipinski definition) is 1. The van der Waals surface area contributed by atoms with E-state index in [1.807, 2.05) is 7.05 Å². The molecule has 2 nitrogen and oxygen atoms in total. The predicted octanol–water partition coefficient (Wildman–Crippen LogP) is 3.30. The van der Waals surface area contributed by atoms with Crippen LogP contribution in [-0.2, 0) is 0 Å². The van der Waals surface area contributed by atoms with Crippen molar-refractivity contribution in [2.45, 2.75) is 59.5 Å². The number of likely N-dealkylation sites (N-methyl/N-ethyl adjacent to an activating group) is 2. The SMILES string of the molecule is C=C(CC(CNC)N(C)C(C)(C)C)C(C)(C)C. The van der Waals surface area contributed by atoms with Gasteiger partial charge < -0.3 is 5.32 Å². The first-order valence-electron chi connectivity index (χ1n) is 6.56. The Bertz CT molecular complexity index is 243. The monoisotopic (exact) mass is 240 g/mol. The summed E-state index contributed by atoms with van der Waals surface area (Å²) in [6, 6.07) is 0.506. The first kappa shape index (κ1) is 16.7. The van der Waals surface area contributed by atoms with Crippen molar-refractivity contribution in [3.63, 3.8) is 0 Å². The summed E-state index contributed by atoms with van der Waals surface area (Å²) in [4.78, 5) is 2.44. The van der Waals surface area contributed by atoms with E-state index in [2.05, 4.69) is 65.4 Å². The highest BCUT2D eigenvalue weighted by molar-refractivity contribution is 5.08. The lowest BCUT2D eigenvalue weighted by Gasteiger charge is -2.40. The Balaban J connectivity index is 4.71. The molecule has 0 spiro atoms. The summed E-state index contributed by atoms with van der Waals surface area (Å²) in [5, 5.41) is 3.29. The van der Waals surface area contributed by atoms with E-state index in [0.29, 0.717) is 6.04 Å². The Morgan fingerprint density at radius 2 is 1.65 bits per heavy atom. The van der Waals surface area contributed by atoms with Gasteiger partial charge in [-0.1, -0.05) is 32.9 Å². The third-order valence-electron chi connectivity index (χ3n) is 3.59. The molecule has 0 amide bonds. The summed E-state index contributed by atoms with van der Waals surface area (Å²) < 4.78 is 0. The Hall–Kier alpha value is -0.340. The number of rotatable bonds is 5. The molecule has 2 heteroatoms. The molecular weight excluding hydrogens is 208 g/mol. The average molecular weight is 240 g/mol. The summed E-state index contributed by atoms with van der Waals surface area (Å²) in [5.41, 5.74) is 1.72. The fraction of sp³-hybridized carbons (Fsp3) is 0.867. The Kier molecular flexibility index (Phi) is 5.89. The molecule has 0 saturated heterocycles. The van der Waals surface area contributed by atoms with Crippen LogP contribution in [0.1, 0.15) is 48.0 Å². The van der Waals surface area contributed by atoms with Gasteiger partial charge in [0.15, 0.2) is 0 Å². The lowest BCUT2D eigenvalue weighted by Crippen LogP contribution is -2.49. The quantitative estimate of drug-likeness (QED) is 0.742. The maximum Gasteiger partial charge on any atom is 0.0259 e. The fourth-order valence-electron chi connectivity index (χ4n) is 1.72. The van der Waals surface area contributed by atoms with Gasteiger partial charge in [-0.05, 0) is 46.7 Å². The van der Waals surface area contributed by atoms with E-state index >= 15 is 0 Å². The van der Waals surface area contributed by atoms with Crippen molar-refractivity contribution in [1.82, 2.24) is 10.2 Å². The van der Waals surface area contributed by atoms with Crippen LogP contribution in [0.3, 0.4) is 0 Å². The summed E-state index contributed by atoms with van der Waals surface area (Å²) in [6.45, 7) is 18.8. The molecule has 0 aromatic heterocycles. The second-order valence-electron chi connectivity index (χ2n) is 7.05. The lowest BCUT2D eigenvalue weighted by atomic mass is 9.83. The molecule has 0 fully saturated rings. The van der Waals surface area contributed by atoms with Gasteiger partial charge in [-0.15, -0.1) is 0 Å². The normalized spacial score (nSPS) is 15.1. The molecule has 0 aliphatic carbocycles. The van der Waals surface area contributed by atoms with Crippen LogP contribution >= 0.6 is 0 Å². The average Bonchev–Trinajstić information content (AvgIpc) is 2.12. The van der Waals surface area contributed by atoms with Gasteiger partial charge in [0.1, 0.15) is 0 Å². The van der Waals surface area contributed by atoms with Crippen LogP contribution in [0.2, 0.25) is 0 Å². The smallest absolute Gasteiger partial charge is 0.0259 e. The highest BCUT2D eigenvalue weighted by Crippen LogP contribution is 2.29. The second kappa shape index (κ2) is 6.01. The number of hydrogen-bond acceptors (Lipinski definition) is 2. The predicted molar refractivity (Wildman–Crippen MR) is 78.4 cm³/mol. The largest absolute Gasteiger partial charge is 0.318 e. The van der Waals surface area contributed by atoms with Crippen LogP contribution in [0.4, 0.5) is 0 Å². The molecule has 0 aromatic rings. The second-order valence-corrected chi connectivity index (χ2v) is 7.05. The molecule has 0 aliphatic rings. The van der Waals surface area contributed by atoms with Crippen LogP contribution in [0.15, 0.2) is 12.2 Å². The van der Waals surface area contributed by atoms with Gasteiger partial charge in [0, 0.05) is 18.1 Å². The first-order valence-corrected chi connectivity index (χ1v) is 6.56. The van der Waals surface area contributed by atoms with Crippen LogP contribution in [0.5, 0.6) is 0 Å². The van der Waals surface area contributed by atoms with Crippen LogP contribution < -0.4 is 5.32 Å². The van der Waals surface area contributed by atoms with Gasteiger partial charge in [-0.25, -0.2) is 0 Å². The van der Waals surface area contributed by atoms with Crippen LogP contribution in [-0.4, -0.2) is 37.1 Å². The van der Waals surface area contributed by atoms with Crippen molar-refractivity contribution in [2.24, 2.45) is 5.41 Å². The molecule has 0 rings (SSSR count). The summed E-state index contributed by atoms with van der Waals surface area (Å²) in [5.74, 6) is 0. The van der Waals surface area contributed by atoms with E-state index in [1.54, 1.807) is 0 Å². The highest BCUT2D eigenvalue weighted by Gasteiger charge is 2.27. The van der Waals surface area contributed by atoms with E-state index in [4.69, 9.17) is 0 Å². The van der Waals surface area contributed by atoms with Crippen LogP contribution in [0, 0.1) is 5.41 Å².